The van der Waals surface area contributed by atoms with E-state index < -0.39 is 5.63 Å². The topological polar surface area (TPSA) is 81.4 Å². The zero-order valence-electron chi connectivity index (χ0n) is 17.6. The molecule has 32 heavy (non-hydrogen) atoms. The third kappa shape index (κ3) is 4.29. The molecule has 4 aromatic rings. The summed E-state index contributed by atoms with van der Waals surface area (Å²) in [6.45, 7) is 1.68. The molecule has 7 heteroatoms. The minimum Gasteiger partial charge on any atom is -0.484 e. The molecule has 1 N–H and O–H groups in total. The Balaban J connectivity index is 1.23. The summed E-state index contributed by atoms with van der Waals surface area (Å²) in [6.07, 6.45) is 4.76. The van der Waals surface area contributed by atoms with Crippen molar-refractivity contribution in [2.45, 2.75) is 32.6 Å². The van der Waals surface area contributed by atoms with Crippen molar-refractivity contribution < 1.29 is 13.9 Å². The van der Waals surface area contributed by atoms with E-state index in [2.05, 4.69) is 28.5 Å². The number of aromatic nitrogens is 1. The average molecular weight is 447 g/mol. The second-order valence-electron chi connectivity index (χ2n) is 7.97. The number of benzene rings is 2. The minimum absolute atomic E-state index is 0.171. The SMILES string of the molecule is Cc1cc(=O)oc2cc(OCC(=O)Nc3nc(-c4ccc5c(c4)CCCC5)cs3)ccc12. The quantitative estimate of drug-likeness (QED) is 0.430. The van der Waals surface area contributed by atoms with E-state index in [0.29, 0.717) is 16.5 Å². The first-order chi connectivity index (χ1) is 15.5. The lowest BCUT2D eigenvalue weighted by Gasteiger charge is -2.16. The summed E-state index contributed by atoms with van der Waals surface area (Å²) >= 11 is 1.39. The summed E-state index contributed by atoms with van der Waals surface area (Å²) in [4.78, 5) is 28.5. The molecule has 162 valence electrons. The lowest BCUT2D eigenvalue weighted by molar-refractivity contribution is -0.118. The van der Waals surface area contributed by atoms with Gasteiger partial charge in [-0.15, -0.1) is 11.3 Å². The highest BCUT2D eigenvalue weighted by Gasteiger charge is 2.13. The molecule has 0 fully saturated rings. The maximum atomic E-state index is 12.4. The van der Waals surface area contributed by atoms with Crippen molar-refractivity contribution in [3.8, 4) is 17.0 Å². The van der Waals surface area contributed by atoms with Crippen LogP contribution in [0.1, 0.15) is 29.5 Å². The maximum Gasteiger partial charge on any atom is 0.336 e. The number of fused-ring (bicyclic) bond motifs is 2. The highest BCUT2D eigenvalue weighted by atomic mass is 32.1. The Morgan fingerprint density at radius 2 is 1.97 bits per heavy atom. The zero-order valence-corrected chi connectivity index (χ0v) is 18.5. The van der Waals surface area contributed by atoms with Crippen LogP contribution in [0.4, 0.5) is 5.13 Å². The number of amides is 1. The largest absolute Gasteiger partial charge is 0.484 e. The Bertz CT molecular complexity index is 1370. The normalized spacial score (nSPS) is 13.0. The number of nitrogens with zero attached hydrogens (tertiary/aromatic N) is 1. The van der Waals surface area contributed by atoms with E-state index in [0.717, 1.165) is 35.0 Å². The van der Waals surface area contributed by atoms with Crippen LogP contribution in [-0.2, 0) is 17.6 Å². The second kappa shape index (κ2) is 8.59. The van der Waals surface area contributed by atoms with Gasteiger partial charge in [0.1, 0.15) is 11.3 Å². The first kappa shape index (κ1) is 20.5. The molecule has 5 rings (SSSR count). The summed E-state index contributed by atoms with van der Waals surface area (Å²) in [5.74, 6) is 0.150. The Morgan fingerprint density at radius 3 is 2.84 bits per heavy atom. The van der Waals surface area contributed by atoms with E-state index in [-0.39, 0.29) is 12.5 Å². The van der Waals surface area contributed by atoms with Crippen LogP contribution in [0.3, 0.4) is 0 Å². The third-order valence-electron chi connectivity index (χ3n) is 5.69. The van der Waals surface area contributed by atoms with Crippen molar-refractivity contribution in [1.29, 1.82) is 0 Å². The summed E-state index contributed by atoms with van der Waals surface area (Å²) < 4.78 is 10.8. The molecule has 1 amide bonds. The number of carbonyl (C=O) groups excluding carboxylic acids is 1. The van der Waals surface area contributed by atoms with Gasteiger partial charge in [0, 0.05) is 28.5 Å². The molecule has 0 saturated carbocycles. The van der Waals surface area contributed by atoms with E-state index in [1.54, 1.807) is 12.1 Å². The van der Waals surface area contributed by atoms with Gasteiger partial charge in [-0.05, 0) is 67.5 Å². The molecule has 1 aliphatic carbocycles. The number of nitrogens with one attached hydrogen (secondary N) is 1. The predicted molar refractivity (Wildman–Crippen MR) is 126 cm³/mol. The van der Waals surface area contributed by atoms with Gasteiger partial charge in [-0.25, -0.2) is 9.78 Å². The van der Waals surface area contributed by atoms with Crippen LogP contribution in [0, 0.1) is 6.92 Å². The Morgan fingerprint density at radius 1 is 1.12 bits per heavy atom. The van der Waals surface area contributed by atoms with Crippen LogP contribution in [0.2, 0.25) is 0 Å². The molecule has 0 atom stereocenters. The summed E-state index contributed by atoms with van der Waals surface area (Å²) in [5, 5.41) is 6.11. The Labute approximate surface area is 188 Å². The molecule has 2 aromatic carbocycles. The number of thiazole rings is 1. The van der Waals surface area contributed by atoms with Crippen LogP contribution < -0.4 is 15.7 Å². The fourth-order valence-electron chi connectivity index (χ4n) is 4.06. The molecular formula is C25H22N2O4S. The third-order valence-corrected chi connectivity index (χ3v) is 6.45. The number of aryl methyl sites for hydroxylation is 3. The second-order valence-corrected chi connectivity index (χ2v) is 8.83. The maximum absolute atomic E-state index is 12.4. The van der Waals surface area contributed by atoms with Crippen molar-refractivity contribution in [2.75, 3.05) is 11.9 Å². The first-order valence-electron chi connectivity index (χ1n) is 10.6. The number of ether oxygens (including phenoxy) is 1. The van der Waals surface area contributed by atoms with Crippen molar-refractivity contribution in [2.24, 2.45) is 0 Å². The Kier molecular flexibility index (Phi) is 5.49. The van der Waals surface area contributed by atoms with Gasteiger partial charge in [0.2, 0.25) is 0 Å². The monoisotopic (exact) mass is 446 g/mol. The van der Waals surface area contributed by atoms with Crippen molar-refractivity contribution in [3.05, 3.63) is 75.0 Å². The van der Waals surface area contributed by atoms with Crippen LogP contribution in [0.25, 0.3) is 22.2 Å². The molecule has 2 aromatic heterocycles. The van der Waals surface area contributed by atoms with E-state index in [4.69, 9.17) is 9.15 Å². The molecule has 0 spiro atoms. The lowest BCUT2D eigenvalue weighted by atomic mass is 9.90. The fraction of sp³-hybridized carbons (Fsp3) is 0.240. The minimum atomic E-state index is -0.414. The molecule has 1 aliphatic rings. The van der Waals surface area contributed by atoms with Crippen LogP contribution in [-0.4, -0.2) is 17.5 Å². The van der Waals surface area contributed by atoms with Crippen LogP contribution in [0.5, 0.6) is 5.75 Å². The van der Waals surface area contributed by atoms with E-state index in [9.17, 15) is 9.59 Å². The molecule has 2 heterocycles. The lowest BCUT2D eigenvalue weighted by Crippen LogP contribution is -2.20. The standard InChI is InChI=1S/C25H22N2O4S/c1-15-10-24(29)31-22-12-19(8-9-20(15)22)30-13-23(28)27-25-26-21(14-32-25)18-7-6-16-4-2-3-5-17(16)11-18/h6-12,14H,2-5,13H2,1H3,(H,26,27,28). The Hall–Kier alpha value is -3.45. The number of hydrogen-bond donors (Lipinski definition) is 1. The summed E-state index contributed by atoms with van der Waals surface area (Å²) in [6, 6.07) is 13.2. The highest BCUT2D eigenvalue weighted by Crippen LogP contribution is 2.29. The van der Waals surface area contributed by atoms with Crippen molar-refractivity contribution >= 4 is 33.3 Å². The molecule has 0 unspecified atom stereocenters. The van der Waals surface area contributed by atoms with Crippen molar-refractivity contribution in [1.82, 2.24) is 4.98 Å². The van der Waals surface area contributed by atoms with Gasteiger partial charge in [-0.3, -0.25) is 10.1 Å². The molecule has 0 bridgehead atoms. The van der Waals surface area contributed by atoms with Gasteiger partial charge in [-0.2, -0.15) is 0 Å². The molecule has 0 saturated heterocycles. The smallest absolute Gasteiger partial charge is 0.336 e. The van der Waals surface area contributed by atoms with Gasteiger partial charge in [0.25, 0.3) is 5.91 Å². The number of anilines is 1. The summed E-state index contributed by atoms with van der Waals surface area (Å²) in [7, 11) is 0. The van der Waals surface area contributed by atoms with Crippen LogP contribution >= 0.6 is 11.3 Å². The van der Waals surface area contributed by atoms with E-state index in [1.807, 2.05) is 18.4 Å². The van der Waals surface area contributed by atoms with Gasteiger partial charge in [0.05, 0.1) is 5.69 Å². The van der Waals surface area contributed by atoms with E-state index >= 15 is 0 Å². The number of rotatable bonds is 5. The van der Waals surface area contributed by atoms with Gasteiger partial charge in [-0.1, -0.05) is 12.1 Å². The molecular weight excluding hydrogens is 424 g/mol. The number of carbonyl (C=O) groups is 1. The molecule has 6 nitrogen and oxygen atoms in total. The zero-order chi connectivity index (χ0) is 22.1. The van der Waals surface area contributed by atoms with Crippen molar-refractivity contribution in [3.63, 3.8) is 0 Å². The van der Waals surface area contributed by atoms with Gasteiger partial charge < -0.3 is 9.15 Å². The van der Waals surface area contributed by atoms with E-state index in [1.165, 1.54) is 41.4 Å². The van der Waals surface area contributed by atoms with Gasteiger partial charge >= 0.3 is 5.63 Å². The molecule has 0 aliphatic heterocycles. The fourth-order valence-corrected chi connectivity index (χ4v) is 4.79. The predicted octanol–water partition coefficient (Wildman–Crippen LogP) is 5.12. The van der Waals surface area contributed by atoms with Crippen LogP contribution in [0.15, 0.2) is 57.1 Å². The number of hydrogen-bond acceptors (Lipinski definition) is 6. The molecule has 0 radical (unpaired) electrons. The average Bonchev–Trinajstić information content (AvgIpc) is 3.25. The highest BCUT2D eigenvalue weighted by molar-refractivity contribution is 7.14. The van der Waals surface area contributed by atoms with Gasteiger partial charge in [0.15, 0.2) is 11.7 Å². The summed E-state index contributed by atoms with van der Waals surface area (Å²) in [5.41, 5.74) is 5.63. The first-order valence-corrected chi connectivity index (χ1v) is 11.5.